The van der Waals surface area contributed by atoms with E-state index in [1.807, 2.05) is 24.0 Å². The highest BCUT2D eigenvalue weighted by molar-refractivity contribution is 7.85. The first-order valence-corrected chi connectivity index (χ1v) is 10.4. The highest BCUT2D eigenvalue weighted by Crippen LogP contribution is 2.23. The zero-order valence-electron chi connectivity index (χ0n) is 15.5. The third-order valence-electron chi connectivity index (χ3n) is 4.79. The summed E-state index contributed by atoms with van der Waals surface area (Å²) in [6, 6.07) is 8.30. The number of benzene rings is 1. The summed E-state index contributed by atoms with van der Waals surface area (Å²) in [6.45, 7) is 10.0. The molecule has 0 aliphatic carbocycles. The van der Waals surface area contributed by atoms with Gasteiger partial charge in [0, 0.05) is 29.6 Å². The molecule has 0 spiro atoms. The lowest BCUT2D eigenvalue weighted by atomic mass is 9.87. The van der Waals surface area contributed by atoms with Gasteiger partial charge in [-0.05, 0) is 36.3 Å². The van der Waals surface area contributed by atoms with E-state index in [2.05, 4.69) is 32.9 Å². The minimum atomic E-state index is -1.17. The molecule has 0 saturated carbocycles. The van der Waals surface area contributed by atoms with Gasteiger partial charge in [0.2, 0.25) is 5.91 Å². The molecule has 1 fully saturated rings. The third kappa shape index (κ3) is 5.17. The molecule has 24 heavy (non-hydrogen) atoms. The quantitative estimate of drug-likeness (QED) is 0.823. The lowest BCUT2D eigenvalue weighted by Gasteiger charge is -2.24. The van der Waals surface area contributed by atoms with Gasteiger partial charge in [-0.3, -0.25) is 9.00 Å². The van der Waals surface area contributed by atoms with E-state index in [1.165, 1.54) is 18.4 Å². The van der Waals surface area contributed by atoms with Gasteiger partial charge in [-0.15, -0.1) is 0 Å². The molecule has 1 aliphatic heterocycles. The van der Waals surface area contributed by atoms with E-state index in [9.17, 15) is 9.00 Å². The summed E-state index contributed by atoms with van der Waals surface area (Å²) in [5.41, 5.74) is 2.43. The number of hydrogen-bond donors (Lipinski definition) is 0. The Labute approximate surface area is 149 Å². The molecule has 134 valence electrons. The maximum atomic E-state index is 12.6. The van der Waals surface area contributed by atoms with E-state index < -0.39 is 16.0 Å². The van der Waals surface area contributed by atoms with E-state index in [0.717, 1.165) is 31.5 Å². The fraction of sp³-hybridized carbons (Fsp3) is 0.650. The number of rotatable bonds is 4. The Bertz CT molecular complexity index is 566. The van der Waals surface area contributed by atoms with Gasteiger partial charge >= 0.3 is 0 Å². The Balaban J connectivity index is 1.96. The molecule has 3 nitrogen and oxygen atoms in total. The van der Waals surface area contributed by atoms with Crippen LogP contribution in [-0.4, -0.2) is 33.4 Å². The van der Waals surface area contributed by atoms with Gasteiger partial charge in [-0.2, -0.15) is 0 Å². The summed E-state index contributed by atoms with van der Waals surface area (Å²) in [7, 11) is -1.17. The first kappa shape index (κ1) is 19.2. The van der Waals surface area contributed by atoms with E-state index in [4.69, 9.17) is 0 Å². The predicted molar refractivity (Wildman–Crippen MR) is 101 cm³/mol. The van der Waals surface area contributed by atoms with Crippen LogP contribution in [0.3, 0.4) is 0 Å². The summed E-state index contributed by atoms with van der Waals surface area (Å²) >= 11 is 0. The van der Waals surface area contributed by atoms with Crippen molar-refractivity contribution in [2.75, 3.05) is 13.1 Å². The fourth-order valence-electron chi connectivity index (χ4n) is 3.05. The smallest absolute Gasteiger partial charge is 0.238 e. The molecule has 0 unspecified atom stereocenters. The molecule has 0 radical (unpaired) electrons. The van der Waals surface area contributed by atoms with Crippen molar-refractivity contribution in [2.24, 2.45) is 0 Å². The van der Waals surface area contributed by atoms with Gasteiger partial charge < -0.3 is 4.90 Å². The molecule has 4 heteroatoms. The van der Waals surface area contributed by atoms with Gasteiger partial charge in [0.05, 0.1) is 0 Å². The Morgan fingerprint density at radius 3 is 2.12 bits per heavy atom. The molecule has 0 bridgehead atoms. The number of likely N-dealkylation sites (tertiary alicyclic amines) is 1. The Hall–Kier alpha value is -1.16. The first-order valence-electron chi connectivity index (χ1n) is 9.04. The van der Waals surface area contributed by atoms with Crippen LogP contribution in [0.1, 0.15) is 64.5 Å². The second kappa shape index (κ2) is 8.28. The first-order chi connectivity index (χ1) is 11.3. The topological polar surface area (TPSA) is 37.4 Å². The Kier molecular flexibility index (Phi) is 6.62. The van der Waals surface area contributed by atoms with Crippen LogP contribution in [-0.2, 0) is 26.8 Å². The van der Waals surface area contributed by atoms with E-state index >= 15 is 0 Å². The maximum absolute atomic E-state index is 12.6. The van der Waals surface area contributed by atoms with Crippen LogP contribution in [0.2, 0.25) is 0 Å². The highest BCUT2D eigenvalue weighted by Gasteiger charge is 2.26. The van der Waals surface area contributed by atoms with Crippen LogP contribution >= 0.6 is 0 Å². The minimum absolute atomic E-state index is 0.0570. The fourth-order valence-corrected chi connectivity index (χ4v) is 4.20. The largest absolute Gasteiger partial charge is 0.342 e. The summed E-state index contributed by atoms with van der Waals surface area (Å²) in [4.78, 5) is 14.5. The molecule has 0 N–H and O–H groups in total. The SMILES string of the molecule is C[C@@H](C(=O)N1CCCCCC1)[S@@](=O)Cc1ccc(C(C)(C)C)cc1. The molecular weight excluding hydrogens is 318 g/mol. The lowest BCUT2D eigenvalue weighted by Crippen LogP contribution is -2.40. The van der Waals surface area contributed by atoms with E-state index in [0.29, 0.717) is 5.75 Å². The molecule has 0 aromatic heterocycles. The minimum Gasteiger partial charge on any atom is -0.342 e. The van der Waals surface area contributed by atoms with Crippen molar-refractivity contribution in [1.82, 2.24) is 4.90 Å². The van der Waals surface area contributed by atoms with Crippen molar-refractivity contribution in [3.8, 4) is 0 Å². The molecule has 2 rings (SSSR count). The zero-order chi connectivity index (χ0) is 17.7. The Morgan fingerprint density at radius 1 is 1.08 bits per heavy atom. The van der Waals surface area contributed by atoms with E-state index in [-0.39, 0.29) is 11.3 Å². The normalized spacial score (nSPS) is 18.8. The summed E-state index contributed by atoms with van der Waals surface area (Å²) in [5, 5.41) is -0.426. The highest BCUT2D eigenvalue weighted by atomic mass is 32.2. The number of nitrogens with zero attached hydrogens (tertiary/aromatic N) is 1. The molecule has 1 heterocycles. The zero-order valence-corrected chi connectivity index (χ0v) is 16.3. The Morgan fingerprint density at radius 2 is 1.62 bits per heavy atom. The van der Waals surface area contributed by atoms with Crippen molar-refractivity contribution >= 4 is 16.7 Å². The van der Waals surface area contributed by atoms with Gasteiger partial charge in [0.15, 0.2) is 0 Å². The van der Waals surface area contributed by atoms with E-state index in [1.54, 1.807) is 0 Å². The van der Waals surface area contributed by atoms with Gasteiger partial charge in [-0.1, -0.05) is 57.9 Å². The molecule has 1 amide bonds. The van der Waals surface area contributed by atoms with Gasteiger partial charge in [0.25, 0.3) is 0 Å². The standard InChI is InChI=1S/C20H31NO2S/c1-16(19(22)21-13-7-5-6-8-14-21)24(23)15-17-9-11-18(12-10-17)20(2,3)4/h9-12,16H,5-8,13-15H2,1-4H3/t16-,24-/m0/s1. The van der Waals surface area contributed by atoms with Crippen LogP contribution in [0.5, 0.6) is 0 Å². The van der Waals surface area contributed by atoms with Crippen molar-refractivity contribution in [3.05, 3.63) is 35.4 Å². The van der Waals surface area contributed by atoms with Crippen LogP contribution in [0.15, 0.2) is 24.3 Å². The summed E-state index contributed by atoms with van der Waals surface area (Å²) in [5.74, 6) is 0.507. The van der Waals surface area contributed by atoms with Crippen LogP contribution in [0.25, 0.3) is 0 Å². The lowest BCUT2D eigenvalue weighted by molar-refractivity contribution is -0.130. The van der Waals surface area contributed by atoms with Crippen molar-refractivity contribution in [1.29, 1.82) is 0 Å². The predicted octanol–water partition coefficient (Wildman–Crippen LogP) is 4.02. The van der Waals surface area contributed by atoms with Crippen LogP contribution in [0, 0.1) is 0 Å². The molecule has 2 atom stereocenters. The van der Waals surface area contributed by atoms with Crippen LogP contribution < -0.4 is 0 Å². The molecule has 1 aromatic carbocycles. The number of carbonyl (C=O) groups is 1. The summed E-state index contributed by atoms with van der Waals surface area (Å²) in [6.07, 6.45) is 4.53. The number of amides is 1. The maximum Gasteiger partial charge on any atom is 0.238 e. The second-order valence-electron chi connectivity index (χ2n) is 7.85. The second-order valence-corrected chi connectivity index (χ2v) is 9.61. The molecule has 1 aliphatic rings. The number of hydrogen-bond acceptors (Lipinski definition) is 2. The molecule has 1 saturated heterocycles. The van der Waals surface area contributed by atoms with Gasteiger partial charge in [0.1, 0.15) is 5.25 Å². The van der Waals surface area contributed by atoms with Crippen LogP contribution in [0.4, 0.5) is 0 Å². The molecule has 1 aromatic rings. The van der Waals surface area contributed by atoms with Crippen molar-refractivity contribution in [3.63, 3.8) is 0 Å². The average Bonchev–Trinajstić information content (AvgIpc) is 2.82. The average molecular weight is 350 g/mol. The monoisotopic (exact) mass is 349 g/mol. The van der Waals surface area contributed by atoms with Gasteiger partial charge in [-0.25, -0.2) is 0 Å². The third-order valence-corrected chi connectivity index (χ3v) is 6.40. The molecular formula is C20H31NO2S. The number of carbonyl (C=O) groups excluding carboxylic acids is 1. The van der Waals surface area contributed by atoms with Crippen molar-refractivity contribution < 1.29 is 9.00 Å². The summed E-state index contributed by atoms with van der Waals surface area (Å²) < 4.78 is 12.6. The van der Waals surface area contributed by atoms with Crippen molar-refractivity contribution in [2.45, 2.75) is 69.8 Å².